The molecule has 3 aliphatic rings. The molecule has 6 rings (SSSR count). The number of nitrogen functional groups attached to an aromatic ring is 1. The van der Waals surface area contributed by atoms with Crippen LogP contribution in [0.4, 0.5) is 27.8 Å². The summed E-state index contributed by atoms with van der Waals surface area (Å²) >= 11 is 8.38. The van der Waals surface area contributed by atoms with Crippen LogP contribution in [0.15, 0.2) is 52.8 Å². The summed E-state index contributed by atoms with van der Waals surface area (Å²) in [5.41, 5.74) is 15.2. The molecule has 44 heavy (non-hydrogen) atoms. The number of carbonyl (C=O) groups excluding carboxylic acids is 2. The molecule has 0 bridgehead atoms. The Morgan fingerprint density at radius 1 is 1.00 bits per heavy atom. The molecule has 5 N–H and O–H groups in total. The number of hydrogen-bond donors (Lipinski definition) is 3. The van der Waals surface area contributed by atoms with Gasteiger partial charge in [-0.1, -0.05) is 29.4 Å². The monoisotopic (exact) mass is 636 g/mol. The third-order valence-corrected chi connectivity index (χ3v) is 10.0. The van der Waals surface area contributed by atoms with Crippen LogP contribution < -0.4 is 31.5 Å². The number of benzene rings is 1. The van der Waals surface area contributed by atoms with Gasteiger partial charge in [-0.3, -0.25) is 24.9 Å². The zero-order chi connectivity index (χ0) is 30.8. The fourth-order valence-electron chi connectivity index (χ4n) is 5.76. The first-order valence-electron chi connectivity index (χ1n) is 14.8. The highest BCUT2D eigenvalue weighted by molar-refractivity contribution is 7.99. The lowest BCUT2D eigenvalue weighted by molar-refractivity contribution is -0.120. The van der Waals surface area contributed by atoms with Crippen molar-refractivity contribution >= 4 is 58.3 Å². The molecule has 0 atom stereocenters. The summed E-state index contributed by atoms with van der Waals surface area (Å²) in [6.45, 7) is 7.99. The first-order valence-corrected chi connectivity index (χ1v) is 16.0. The van der Waals surface area contributed by atoms with E-state index in [4.69, 9.17) is 23.1 Å². The number of piperidine rings is 1. The summed E-state index contributed by atoms with van der Waals surface area (Å²) in [4.78, 5) is 46.9. The molecule has 12 nitrogen and oxygen atoms in total. The van der Waals surface area contributed by atoms with Crippen molar-refractivity contribution in [2.75, 3.05) is 66.2 Å². The van der Waals surface area contributed by atoms with Gasteiger partial charge in [0.1, 0.15) is 10.8 Å². The lowest BCUT2D eigenvalue weighted by atomic mass is 9.91. The molecule has 232 valence electrons. The molecule has 0 radical (unpaired) electrons. The third kappa shape index (κ3) is 6.70. The summed E-state index contributed by atoms with van der Waals surface area (Å²) < 4.78 is 0. The summed E-state index contributed by atoms with van der Waals surface area (Å²) in [5.74, 6) is 0.901. The molecule has 0 spiro atoms. The number of rotatable bonds is 7. The second kappa shape index (κ2) is 12.8. The maximum absolute atomic E-state index is 12.5. The topological polar surface area (TPSA) is 150 Å². The molecule has 0 aliphatic carbocycles. The number of imide groups is 1. The number of halogens is 1. The van der Waals surface area contributed by atoms with Gasteiger partial charge in [-0.15, -0.1) is 0 Å². The maximum atomic E-state index is 12.5. The number of nitrogens with two attached hydrogens (primary N) is 2. The van der Waals surface area contributed by atoms with Gasteiger partial charge in [0.15, 0.2) is 5.82 Å². The minimum Gasteiger partial charge on any atom is -0.381 e. The fraction of sp³-hybridized carbons (Fsp3) is 0.433. The third-order valence-electron chi connectivity index (χ3n) is 8.47. The van der Waals surface area contributed by atoms with Gasteiger partial charge in [0.2, 0.25) is 5.91 Å². The van der Waals surface area contributed by atoms with E-state index in [-0.39, 0.29) is 17.9 Å². The van der Waals surface area contributed by atoms with Gasteiger partial charge < -0.3 is 21.3 Å². The highest BCUT2D eigenvalue weighted by Gasteiger charge is 2.29. The van der Waals surface area contributed by atoms with Crippen LogP contribution in [-0.2, 0) is 11.3 Å². The summed E-state index contributed by atoms with van der Waals surface area (Å²) in [5, 5.41) is 3.68. The average molecular weight is 637 g/mol. The SMILES string of the molecule is CC1(N)CCN(c2cnc(Sc3cccc(N4CCN(Cc5ccncc5N5CCC(=O)NC5=O)CC4)c3Cl)c(N)n2)CC1. The molecule has 0 unspecified atom stereocenters. The van der Waals surface area contributed by atoms with E-state index in [2.05, 4.69) is 41.9 Å². The first kappa shape index (κ1) is 30.4. The Morgan fingerprint density at radius 3 is 2.50 bits per heavy atom. The molecule has 3 saturated heterocycles. The van der Waals surface area contributed by atoms with Crippen LogP contribution in [0.3, 0.4) is 0 Å². The number of nitrogens with one attached hydrogen (secondary N) is 1. The van der Waals surface area contributed by atoms with E-state index < -0.39 is 6.03 Å². The summed E-state index contributed by atoms with van der Waals surface area (Å²) in [6, 6.07) is 7.55. The normalized spacial score (nSPS) is 19.3. The maximum Gasteiger partial charge on any atom is 0.328 e. The molecule has 1 aromatic carbocycles. The molecule has 0 saturated carbocycles. The van der Waals surface area contributed by atoms with Crippen LogP contribution in [0.1, 0.15) is 31.7 Å². The van der Waals surface area contributed by atoms with Crippen LogP contribution in [0, 0.1) is 0 Å². The molecule has 5 heterocycles. The number of carbonyl (C=O) groups is 2. The highest BCUT2D eigenvalue weighted by Crippen LogP contribution is 2.40. The van der Waals surface area contributed by atoms with Gasteiger partial charge in [0.25, 0.3) is 0 Å². The number of amides is 3. The van der Waals surface area contributed by atoms with E-state index in [0.717, 1.165) is 79.8 Å². The largest absolute Gasteiger partial charge is 0.381 e. The number of nitrogens with zero attached hydrogens (tertiary/aromatic N) is 7. The Hall–Kier alpha value is -3.65. The zero-order valence-electron chi connectivity index (χ0n) is 24.7. The van der Waals surface area contributed by atoms with Crippen molar-refractivity contribution in [2.45, 2.75) is 48.2 Å². The summed E-state index contributed by atoms with van der Waals surface area (Å²) in [7, 11) is 0. The zero-order valence-corrected chi connectivity index (χ0v) is 26.3. The number of aromatic nitrogens is 3. The second-order valence-electron chi connectivity index (χ2n) is 11.8. The lowest BCUT2D eigenvalue weighted by Crippen LogP contribution is -2.50. The first-order chi connectivity index (χ1) is 21.2. The van der Waals surface area contributed by atoms with E-state index in [9.17, 15) is 9.59 Å². The predicted octanol–water partition coefficient (Wildman–Crippen LogP) is 3.34. The molecule has 3 amide bonds. The Labute approximate surface area is 266 Å². The van der Waals surface area contributed by atoms with Crippen molar-refractivity contribution in [2.24, 2.45) is 5.73 Å². The lowest BCUT2D eigenvalue weighted by Gasteiger charge is -2.37. The van der Waals surface area contributed by atoms with Crippen LogP contribution in [0.25, 0.3) is 0 Å². The van der Waals surface area contributed by atoms with E-state index in [0.29, 0.717) is 29.0 Å². The van der Waals surface area contributed by atoms with Crippen LogP contribution >= 0.6 is 23.4 Å². The molecule has 2 aromatic heterocycles. The van der Waals surface area contributed by atoms with Gasteiger partial charge in [-0.25, -0.2) is 14.8 Å². The van der Waals surface area contributed by atoms with Crippen molar-refractivity contribution in [1.29, 1.82) is 0 Å². The molecule has 3 fully saturated rings. The Kier molecular flexibility index (Phi) is 8.81. The Morgan fingerprint density at radius 2 is 1.77 bits per heavy atom. The number of hydrogen-bond acceptors (Lipinski definition) is 11. The summed E-state index contributed by atoms with van der Waals surface area (Å²) in [6.07, 6.45) is 7.27. The minimum atomic E-state index is -0.405. The van der Waals surface area contributed by atoms with E-state index >= 15 is 0 Å². The van der Waals surface area contributed by atoms with Gasteiger partial charge in [0.05, 0.1) is 28.8 Å². The van der Waals surface area contributed by atoms with Crippen molar-refractivity contribution in [3.05, 3.63) is 53.4 Å². The van der Waals surface area contributed by atoms with E-state index in [1.807, 2.05) is 24.3 Å². The Bertz CT molecular complexity index is 1540. The van der Waals surface area contributed by atoms with Gasteiger partial charge in [-0.2, -0.15) is 0 Å². The number of piperazine rings is 1. The van der Waals surface area contributed by atoms with Gasteiger partial charge >= 0.3 is 6.03 Å². The Balaban J connectivity index is 1.08. The molecule has 14 heteroatoms. The highest BCUT2D eigenvalue weighted by atomic mass is 35.5. The van der Waals surface area contributed by atoms with E-state index in [1.54, 1.807) is 23.5 Å². The molecular formula is C30H37ClN10O2S. The minimum absolute atomic E-state index is 0.140. The van der Waals surface area contributed by atoms with E-state index in [1.165, 1.54) is 11.8 Å². The van der Waals surface area contributed by atoms with Gasteiger partial charge in [0, 0.05) is 75.4 Å². The predicted molar refractivity (Wildman–Crippen MR) is 173 cm³/mol. The molecular weight excluding hydrogens is 600 g/mol. The fourth-order valence-corrected chi connectivity index (χ4v) is 6.93. The number of urea groups is 1. The standard InChI is InChI=1S/C30H37ClN10O2S/c1-30(33)7-11-40(12-8-30)24-18-35-28(27(32)36-24)44-23-4-2-3-21(26(23)31)39-15-13-38(14-16-39)19-20-5-9-34-17-22(20)41-10-6-25(42)37-29(41)43/h2-5,9,17-18H,6-8,10-16,19,33H2,1H3,(H2,32,36)(H,37,42,43). The number of pyridine rings is 1. The van der Waals surface area contributed by atoms with Crippen molar-refractivity contribution in [1.82, 2.24) is 25.2 Å². The van der Waals surface area contributed by atoms with Crippen molar-refractivity contribution in [3.8, 4) is 0 Å². The van der Waals surface area contributed by atoms with Crippen LogP contribution in [0.5, 0.6) is 0 Å². The quantitative estimate of drug-likeness (QED) is 0.350. The van der Waals surface area contributed by atoms with Crippen LogP contribution in [-0.4, -0.2) is 83.1 Å². The average Bonchev–Trinajstić information content (AvgIpc) is 3.00. The number of anilines is 4. The van der Waals surface area contributed by atoms with Gasteiger partial charge in [-0.05, 0) is 43.5 Å². The van der Waals surface area contributed by atoms with Crippen molar-refractivity contribution in [3.63, 3.8) is 0 Å². The second-order valence-corrected chi connectivity index (χ2v) is 13.2. The van der Waals surface area contributed by atoms with Crippen LogP contribution in [0.2, 0.25) is 5.02 Å². The van der Waals surface area contributed by atoms with Crippen molar-refractivity contribution < 1.29 is 9.59 Å². The molecule has 3 aromatic rings. The molecule has 3 aliphatic heterocycles. The smallest absolute Gasteiger partial charge is 0.328 e.